The van der Waals surface area contributed by atoms with E-state index in [0.717, 1.165) is 22.8 Å². The molecule has 2 aromatic carbocycles. The molecule has 3 aromatic rings. The zero-order valence-electron chi connectivity index (χ0n) is 15.6. The van der Waals surface area contributed by atoms with Crippen molar-refractivity contribution in [2.45, 2.75) is 34.2 Å². The first-order valence-electron chi connectivity index (χ1n) is 8.69. The fourth-order valence-corrected chi connectivity index (χ4v) is 3.16. The summed E-state index contributed by atoms with van der Waals surface area (Å²) in [6, 6.07) is 16.3. The second kappa shape index (κ2) is 7.70. The molecule has 3 rings (SSSR count). The van der Waals surface area contributed by atoms with Gasteiger partial charge in [-0.1, -0.05) is 30.3 Å². The lowest BCUT2D eigenvalue weighted by Crippen LogP contribution is -2.28. The molecule has 0 aliphatic rings. The Hall–Kier alpha value is -2.66. The summed E-state index contributed by atoms with van der Waals surface area (Å²) in [4.78, 5) is 0. The summed E-state index contributed by atoms with van der Waals surface area (Å²) < 4.78 is 1.98. The smallest absolute Gasteiger partial charge is 0.171 e. The number of rotatable bonds is 4. The van der Waals surface area contributed by atoms with Crippen LogP contribution in [-0.4, -0.2) is 14.9 Å². The van der Waals surface area contributed by atoms with Gasteiger partial charge in [-0.05, 0) is 69.2 Å². The van der Waals surface area contributed by atoms with Crippen molar-refractivity contribution in [1.82, 2.24) is 15.1 Å². The van der Waals surface area contributed by atoms with Gasteiger partial charge in [0.2, 0.25) is 0 Å². The summed E-state index contributed by atoms with van der Waals surface area (Å²) in [7, 11) is 0. The number of nitrogens with zero attached hydrogens (tertiary/aromatic N) is 2. The van der Waals surface area contributed by atoms with E-state index in [4.69, 9.17) is 12.2 Å². The Bertz CT molecular complexity index is 929. The van der Waals surface area contributed by atoms with Crippen molar-refractivity contribution in [2.75, 3.05) is 5.32 Å². The third-order valence-electron chi connectivity index (χ3n) is 4.72. The monoisotopic (exact) mass is 364 g/mol. The average molecular weight is 365 g/mol. The minimum atomic E-state index is 0.616. The van der Waals surface area contributed by atoms with E-state index in [9.17, 15) is 0 Å². The molecule has 1 heterocycles. The summed E-state index contributed by atoms with van der Waals surface area (Å²) in [5.74, 6) is 0. The second-order valence-electron chi connectivity index (χ2n) is 6.45. The number of thiocarbonyl (C=S) groups is 1. The van der Waals surface area contributed by atoms with Crippen LogP contribution in [0.4, 0.5) is 5.69 Å². The summed E-state index contributed by atoms with van der Waals surface area (Å²) in [5, 5.41) is 11.9. The van der Waals surface area contributed by atoms with Crippen LogP contribution in [0.15, 0.2) is 48.5 Å². The van der Waals surface area contributed by atoms with Gasteiger partial charge in [0.1, 0.15) is 0 Å². The third kappa shape index (κ3) is 3.78. The molecular weight excluding hydrogens is 340 g/mol. The maximum atomic E-state index is 5.48. The number of nitrogens with one attached hydrogen (secondary N) is 2. The van der Waals surface area contributed by atoms with Crippen LogP contribution in [0.3, 0.4) is 0 Å². The quantitative estimate of drug-likeness (QED) is 0.664. The largest absolute Gasteiger partial charge is 0.358 e. The van der Waals surface area contributed by atoms with Gasteiger partial charge in [-0.2, -0.15) is 5.10 Å². The molecule has 4 nitrogen and oxygen atoms in total. The summed E-state index contributed by atoms with van der Waals surface area (Å²) >= 11 is 5.48. The Morgan fingerprint density at radius 1 is 1.00 bits per heavy atom. The molecule has 26 heavy (non-hydrogen) atoms. The molecule has 0 radical (unpaired) electrons. The van der Waals surface area contributed by atoms with Crippen LogP contribution >= 0.6 is 12.2 Å². The average Bonchev–Trinajstić information content (AvgIpc) is 2.92. The third-order valence-corrected chi connectivity index (χ3v) is 4.97. The summed E-state index contributed by atoms with van der Waals surface area (Å²) in [6.45, 7) is 8.96. The second-order valence-corrected chi connectivity index (χ2v) is 6.86. The lowest BCUT2D eigenvalue weighted by Gasteiger charge is -2.14. The zero-order valence-corrected chi connectivity index (χ0v) is 16.4. The fourth-order valence-electron chi connectivity index (χ4n) is 2.97. The Morgan fingerprint density at radius 2 is 1.73 bits per heavy atom. The van der Waals surface area contributed by atoms with Crippen LogP contribution in [-0.2, 0) is 6.54 Å². The van der Waals surface area contributed by atoms with Crippen LogP contribution in [0.5, 0.6) is 0 Å². The maximum Gasteiger partial charge on any atom is 0.171 e. The number of hydrogen-bond donors (Lipinski definition) is 2. The van der Waals surface area contributed by atoms with E-state index in [2.05, 4.69) is 54.7 Å². The van der Waals surface area contributed by atoms with Crippen LogP contribution in [0.1, 0.15) is 28.1 Å². The number of para-hydroxylation sites is 1. The van der Waals surface area contributed by atoms with E-state index >= 15 is 0 Å². The molecule has 0 saturated heterocycles. The van der Waals surface area contributed by atoms with E-state index in [-0.39, 0.29) is 0 Å². The molecule has 2 N–H and O–H groups in total. The first kappa shape index (κ1) is 18.1. The maximum absolute atomic E-state index is 5.48. The Labute approximate surface area is 160 Å². The van der Waals surface area contributed by atoms with Crippen molar-refractivity contribution in [3.05, 3.63) is 76.6 Å². The predicted octanol–water partition coefficient (Wildman–Crippen LogP) is 4.59. The molecule has 134 valence electrons. The number of aromatic nitrogens is 2. The van der Waals surface area contributed by atoms with Gasteiger partial charge in [0, 0.05) is 23.5 Å². The number of anilines is 1. The van der Waals surface area contributed by atoms with Crippen LogP contribution < -0.4 is 10.6 Å². The van der Waals surface area contributed by atoms with Crippen molar-refractivity contribution in [1.29, 1.82) is 0 Å². The van der Waals surface area contributed by atoms with Gasteiger partial charge in [0.15, 0.2) is 5.11 Å². The molecule has 0 bridgehead atoms. The Morgan fingerprint density at radius 3 is 2.46 bits per heavy atom. The molecule has 1 aromatic heterocycles. The number of hydrogen-bond acceptors (Lipinski definition) is 2. The highest BCUT2D eigenvalue weighted by molar-refractivity contribution is 7.80. The molecule has 0 unspecified atom stereocenters. The van der Waals surface area contributed by atoms with Crippen LogP contribution in [0.25, 0.3) is 5.69 Å². The van der Waals surface area contributed by atoms with Crippen molar-refractivity contribution in [3.63, 3.8) is 0 Å². The topological polar surface area (TPSA) is 41.9 Å². The highest BCUT2D eigenvalue weighted by Gasteiger charge is 2.13. The van der Waals surface area contributed by atoms with Gasteiger partial charge in [-0.25, -0.2) is 4.68 Å². The molecule has 0 aliphatic carbocycles. The lowest BCUT2D eigenvalue weighted by atomic mass is 10.1. The van der Waals surface area contributed by atoms with Crippen molar-refractivity contribution < 1.29 is 0 Å². The van der Waals surface area contributed by atoms with Crippen molar-refractivity contribution in [2.24, 2.45) is 0 Å². The Balaban J connectivity index is 1.71. The molecule has 0 amide bonds. The number of aryl methyl sites for hydroxylation is 2. The van der Waals surface area contributed by atoms with Crippen LogP contribution in [0.2, 0.25) is 0 Å². The van der Waals surface area contributed by atoms with Gasteiger partial charge in [0.25, 0.3) is 0 Å². The molecule has 0 aliphatic heterocycles. The predicted molar refractivity (Wildman–Crippen MR) is 112 cm³/mol. The summed E-state index contributed by atoms with van der Waals surface area (Å²) in [6.07, 6.45) is 0. The van der Waals surface area contributed by atoms with E-state index in [1.807, 2.05) is 41.9 Å². The van der Waals surface area contributed by atoms with Gasteiger partial charge < -0.3 is 10.6 Å². The first-order valence-corrected chi connectivity index (χ1v) is 9.10. The molecule has 0 atom stereocenters. The normalized spacial score (nSPS) is 10.6. The molecular formula is C21H24N4S. The van der Waals surface area contributed by atoms with E-state index in [1.165, 1.54) is 16.7 Å². The van der Waals surface area contributed by atoms with E-state index < -0.39 is 0 Å². The minimum Gasteiger partial charge on any atom is -0.358 e. The molecule has 0 saturated carbocycles. The van der Waals surface area contributed by atoms with Crippen molar-refractivity contribution >= 4 is 23.0 Å². The minimum absolute atomic E-state index is 0.616. The van der Waals surface area contributed by atoms with E-state index in [1.54, 1.807) is 0 Å². The Kier molecular flexibility index (Phi) is 5.38. The molecule has 0 fully saturated rings. The SMILES string of the molecule is Cc1cccc(NC(=S)NCc2c(C)nn(-c3ccccc3)c2C)c1C. The van der Waals surface area contributed by atoms with Gasteiger partial charge >= 0.3 is 0 Å². The van der Waals surface area contributed by atoms with Gasteiger partial charge in [0.05, 0.1) is 11.4 Å². The molecule has 5 heteroatoms. The lowest BCUT2D eigenvalue weighted by molar-refractivity contribution is 0.830. The number of benzene rings is 2. The highest BCUT2D eigenvalue weighted by Crippen LogP contribution is 2.19. The zero-order chi connectivity index (χ0) is 18.7. The van der Waals surface area contributed by atoms with Gasteiger partial charge in [-0.15, -0.1) is 0 Å². The molecule has 0 spiro atoms. The first-order chi connectivity index (χ1) is 12.5. The fraction of sp³-hybridized carbons (Fsp3) is 0.238. The summed E-state index contributed by atoms with van der Waals surface area (Å²) in [5.41, 5.74) is 7.85. The standard InChI is InChI=1S/C21H24N4S/c1-14-9-8-12-20(15(14)2)23-21(26)22-13-19-16(3)24-25(17(19)4)18-10-6-5-7-11-18/h5-12H,13H2,1-4H3,(H2,22,23,26). The van der Waals surface area contributed by atoms with Crippen LogP contribution in [0, 0.1) is 27.7 Å². The highest BCUT2D eigenvalue weighted by atomic mass is 32.1. The van der Waals surface area contributed by atoms with Gasteiger partial charge in [-0.3, -0.25) is 0 Å². The van der Waals surface area contributed by atoms with E-state index in [0.29, 0.717) is 11.7 Å². The van der Waals surface area contributed by atoms with Crippen molar-refractivity contribution in [3.8, 4) is 5.69 Å².